The molecule has 1 aromatic carbocycles. The van der Waals surface area contributed by atoms with Gasteiger partial charge in [-0.05, 0) is 89.6 Å². The van der Waals surface area contributed by atoms with Crippen LogP contribution in [0.4, 0.5) is 0 Å². The molecule has 1 amide bonds. The number of aromatic hydroxyl groups is 1. The van der Waals surface area contributed by atoms with Crippen molar-refractivity contribution in [2.45, 2.75) is 95.4 Å². The molecule has 2 bridgehead atoms. The van der Waals surface area contributed by atoms with Gasteiger partial charge in [-0.15, -0.1) is 0 Å². The van der Waals surface area contributed by atoms with Crippen LogP contribution in [0.1, 0.15) is 70.1 Å². The summed E-state index contributed by atoms with van der Waals surface area (Å²) in [4.78, 5) is 26.9. The highest BCUT2D eigenvalue weighted by atomic mass is 16.6. The molecule has 2 fully saturated rings. The van der Waals surface area contributed by atoms with E-state index >= 15 is 0 Å². The number of hydrogen-bond acceptors (Lipinski definition) is 6. The lowest BCUT2D eigenvalue weighted by Gasteiger charge is -2.59. The highest BCUT2D eigenvalue weighted by Gasteiger charge is 2.65. The van der Waals surface area contributed by atoms with E-state index < -0.39 is 5.60 Å². The molecule has 2 unspecified atom stereocenters. The summed E-state index contributed by atoms with van der Waals surface area (Å²) >= 11 is 0. The lowest BCUT2D eigenvalue weighted by atomic mass is 9.50. The lowest BCUT2D eigenvalue weighted by Crippen LogP contribution is -2.68. The van der Waals surface area contributed by atoms with Gasteiger partial charge >= 0.3 is 5.97 Å². The fourth-order valence-corrected chi connectivity index (χ4v) is 7.16. The predicted octanol–water partition coefficient (Wildman–Crippen LogP) is 2.84. The number of rotatable bonds is 4. The summed E-state index contributed by atoms with van der Waals surface area (Å²) in [6.45, 7) is 8.15. The Morgan fingerprint density at radius 2 is 2.09 bits per heavy atom. The molecular weight excluding hydrogens is 420 g/mol. The zero-order valence-corrected chi connectivity index (χ0v) is 20.4. The Morgan fingerprint density at radius 1 is 1.33 bits per heavy atom. The highest BCUT2D eigenvalue weighted by Crippen LogP contribution is 2.64. The standard InChI is InChI=1S/C26H36N2O5/c1-14(29)27-18-8-7-17-19-13-16-15(6-9-21(31)33-25(2,3)4)12-20(30)23-22(16)26(17,24(18)32-23)10-11-28(19)5/h12,17-19,24,30H,6-11,13H2,1-5H3,(H,27,29)/t17?,18-,19?,24-,26-/m0/s1. The number of nitrogens with zero attached hydrogens (tertiary/aromatic N) is 1. The molecule has 180 valence electrons. The highest BCUT2D eigenvalue weighted by molar-refractivity contribution is 5.74. The van der Waals surface area contributed by atoms with Crippen molar-refractivity contribution < 1.29 is 24.2 Å². The van der Waals surface area contributed by atoms with Crippen LogP contribution in [0.15, 0.2) is 6.07 Å². The largest absolute Gasteiger partial charge is 0.504 e. The van der Waals surface area contributed by atoms with Gasteiger partial charge in [0.05, 0.1) is 6.04 Å². The van der Waals surface area contributed by atoms with Crippen molar-refractivity contribution in [2.75, 3.05) is 13.6 Å². The summed E-state index contributed by atoms with van der Waals surface area (Å²) in [6, 6.07) is 2.12. The van der Waals surface area contributed by atoms with E-state index in [1.807, 2.05) is 20.8 Å². The van der Waals surface area contributed by atoms with Crippen molar-refractivity contribution in [1.82, 2.24) is 10.2 Å². The number of carbonyl (C=O) groups excluding carboxylic acids is 2. The van der Waals surface area contributed by atoms with Crippen LogP contribution in [0, 0.1) is 5.92 Å². The molecule has 1 aromatic rings. The molecule has 4 aliphatic rings. The summed E-state index contributed by atoms with van der Waals surface area (Å²) in [5.41, 5.74) is 2.67. The van der Waals surface area contributed by atoms with Crippen LogP contribution in [0.5, 0.6) is 11.5 Å². The number of benzene rings is 1. The topological polar surface area (TPSA) is 88.1 Å². The first kappa shape index (κ1) is 22.5. The number of hydrogen-bond donors (Lipinski definition) is 2. The van der Waals surface area contributed by atoms with Crippen LogP contribution in [0.3, 0.4) is 0 Å². The van der Waals surface area contributed by atoms with Crippen LogP contribution in [-0.4, -0.2) is 59.3 Å². The molecule has 2 aliphatic heterocycles. The zero-order chi connectivity index (χ0) is 23.7. The Hall–Kier alpha value is -2.28. The summed E-state index contributed by atoms with van der Waals surface area (Å²) < 4.78 is 12.0. The molecule has 2 N–H and O–H groups in total. The van der Waals surface area contributed by atoms with Gasteiger partial charge in [0.2, 0.25) is 5.91 Å². The quantitative estimate of drug-likeness (QED) is 0.678. The van der Waals surface area contributed by atoms with Gasteiger partial charge in [-0.25, -0.2) is 0 Å². The second-order valence-electron chi connectivity index (χ2n) is 11.4. The maximum absolute atomic E-state index is 12.4. The predicted molar refractivity (Wildman–Crippen MR) is 123 cm³/mol. The molecule has 1 saturated heterocycles. The van der Waals surface area contributed by atoms with Gasteiger partial charge in [0.25, 0.3) is 0 Å². The first-order valence-corrected chi connectivity index (χ1v) is 12.3. The van der Waals surface area contributed by atoms with Gasteiger partial charge in [0, 0.05) is 30.4 Å². The van der Waals surface area contributed by atoms with Crippen LogP contribution < -0.4 is 10.1 Å². The van der Waals surface area contributed by atoms with Gasteiger partial charge in [0.1, 0.15) is 11.7 Å². The van der Waals surface area contributed by atoms with E-state index in [9.17, 15) is 14.7 Å². The molecule has 1 spiro atoms. The Balaban J connectivity index is 1.56. The molecule has 0 aromatic heterocycles. The molecule has 7 heteroatoms. The Labute approximate surface area is 195 Å². The molecule has 5 rings (SSSR count). The summed E-state index contributed by atoms with van der Waals surface area (Å²) in [7, 11) is 2.20. The number of amides is 1. The van der Waals surface area contributed by atoms with Crippen LogP contribution in [0.25, 0.3) is 0 Å². The maximum Gasteiger partial charge on any atom is 0.306 e. The third-order valence-corrected chi connectivity index (χ3v) is 8.22. The van der Waals surface area contributed by atoms with Gasteiger partial charge in [0.15, 0.2) is 11.5 Å². The van der Waals surface area contributed by atoms with Crippen molar-refractivity contribution >= 4 is 11.9 Å². The molecule has 1 saturated carbocycles. The smallest absolute Gasteiger partial charge is 0.306 e. The number of phenolic OH excluding ortho intramolecular Hbond substituents is 1. The summed E-state index contributed by atoms with van der Waals surface area (Å²) in [5.74, 6) is 0.907. The first-order chi connectivity index (χ1) is 15.5. The Bertz CT molecular complexity index is 999. The van der Waals surface area contributed by atoms with Crippen molar-refractivity contribution in [1.29, 1.82) is 0 Å². The van der Waals surface area contributed by atoms with Crippen molar-refractivity contribution in [2.24, 2.45) is 5.92 Å². The van der Waals surface area contributed by atoms with Gasteiger partial charge in [-0.1, -0.05) is 0 Å². The number of likely N-dealkylation sites (N-methyl/N-ethyl adjacent to an activating group) is 1. The van der Waals surface area contributed by atoms with Gasteiger partial charge in [-0.3, -0.25) is 9.59 Å². The van der Waals surface area contributed by atoms with E-state index in [0.29, 0.717) is 24.1 Å². The van der Waals surface area contributed by atoms with E-state index in [0.717, 1.165) is 43.4 Å². The number of nitrogens with one attached hydrogen (secondary N) is 1. The van der Waals surface area contributed by atoms with Crippen molar-refractivity contribution in [3.8, 4) is 11.5 Å². The minimum absolute atomic E-state index is 0.0443. The third kappa shape index (κ3) is 3.50. The van der Waals surface area contributed by atoms with Gasteiger partial charge in [-0.2, -0.15) is 0 Å². The number of carbonyl (C=O) groups is 2. The zero-order valence-electron chi connectivity index (χ0n) is 20.4. The lowest BCUT2D eigenvalue weighted by molar-refractivity contribution is -0.154. The van der Waals surface area contributed by atoms with Crippen molar-refractivity contribution in [3.05, 3.63) is 22.8 Å². The number of esters is 1. The van der Waals surface area contributed by atoms with E-state index in [-0.39, 0.29) is 41.6 Å². The third-order valence-electron chi connectivity index (χ3n) is 8.22. The van der Waals surface area contributed by atoms with E-state index in [4.69, 9.17) is 9.47 Å². The SMILES string of the molecule is CC(=O)N[C@H]1CCC2C3Cc4c(CCC(=O)OC(C)(C)C)cc(O)c5c4[C@@]2(CCN3C)[C@H]1O5. The molecule has 7 nitrogen and oxygen atoms in total. The molecule has 5 atom stereocenters. The second-order valence-corrected chi connectivity index (χ2v) is 11.4. The number of ether oxygens (including phenoxy) is 2. The second kappa shape index (κ2) is 7.62. The first-order valence-electron chi connectivity index (χ1n) is 12.3. The van der Waals surface area contributed by atoms with E-state index in [2.05, 4.69) is 17.3 Å². The number of likely N-dealkylation sites (tertiary alicyclic amines) is 1. The normalized spacial score (nSPS) is 32.0. The number of aryl methyl sites for hydroxylation is 1. The molecule has 33 heavy (non-hydrogen) atoms. The molecule has 2 aliphatic carbocycles. The summed E-state index contributed by atoms with van der Waals surface area (Å²) in [6.07, 6.45) is 4.40. The Morgan fingerprint density at radius 3 is 2.79 bits per heavy atom. The minimum atomic E-state index is -0.515. The maximum atomic E-state index is 12.4. The fraction of sp³-hybridized carbons (Fsp3) is 0.692. The molecule has 2 heterocycles. The average Bonchev–Trinajstić information content (AvgIpc) is 3.05. The summed E-state index contributed by atoms with van der Waals surface area (Å²) in [5, 5.41) is 14.2. The van der Waals surface area contributed by atoms with E-state index in [1.165, 1.54) is 5.56 Å². The minimum Gasteiger partial charge on any atom is -0.504 e. The molecular formula is C26H36N2O5. The Kier molecular flexibility index (Phi) is 5.20. The average molecular weight is 457 g/mol. The fourth-order valence-electron chi connectivity index (χ4n) is 7.16. The monoisotopic (exact) mass is 456 g/mol. The number of phenols is 1. The van der Waals surface area contributed by atoms with Crippen molar-refractivity contribution in [3.63, 3.8) is 0 Å². The van der Waals surface area contributed by atoms with Crippen LogP contribution in [0.2, 0.25) is 0 Å². The van der Waals surface area contributed by atoms with Gasteiger partial charge < -0.3 is 24.8 Å². The van der Waals surface area contributed by atoms with Crippen LogP contribution >= 0.6 is 0 Å². The van der Waals surface area contributed by atoms with E-state index in [1.54, 1.807) is 13.0 Å². The van der Waals surface area contributed by atoms with Crippen LogP contribution in [-0.2, 0) is 32.6 Å². The number of piperidine rings is 1. The molecule has 0 radical (unpaired) electrons.